The molecule has 160 valence electrons. The number of ether oxygens (including phenoxy) is 1. The van der Waals surface area contributed by atoms with Gasteiger partial charge in [-0.3, -0.25) is 4.90 Å². The highest BCUT2D eigenvalue weighted by atomic mass is 16.5. The van der Waals surface area contributed by atoms with E-state index in [1.165, 1.54) is 11.3 Å². The van der Waals surface area contributed by atoms with Crippen LogP contribution in [-0.2, 0) is 24.4 Å². The van der Waals surface area contributed by atoms with Crippen LogP contribution in [0.2, 0.25) is 0 Å². The SMILES string of the molecule is CC(C)CN(Cc1cccn1Cc1ccccc1)CC(O)COCc1ccccc1. The van der Waals surface area contributed by atoms with Crippen LogP contribution in [0.4, 0.5) is 0 Å². The van der Waals surface area contributed by atoms with Gasteiger partial charge in [-0.1, -0.05) is 74.5 Å². The largest absolute Gasteiger partial charge is 0.389 e. The van der Waals surface area contributed by atoms with E-state index in [0.717, 1.165) is 25.2 Å². The molecule has 3 aromatic rings. The summed E-state index contributed by atoms with van der Waals surface area (Å²) in [5.74, 6) is 0.528. The van der Waals surface area contributed by atoms with Crippen molar-refractivity contribution >= 4 is 0 Å². The average molecular weight is 407 g/mol. The molecule has 4 nitrogen and oxygen atoms in total. The molecule has 0 saturated carbocycles. The zero-order valence-electron chi connectivity index (χ0n) is 18.2. The normalized spacial score (nSPS) is 12.6. The van der Waals surface area contributed by atoms with Gasteiger partial charge >= 0.3 is 0 Å². The highest BCUT2D eigenvalue weighted by Crippen LogP contribution is 2.13. The fourth-order valence-electron chi connectivity index (χ4n) is 3.71. The zero-order chi connectivity index (χ0) is 21.2. The third-order valence-electron chi connectivity index (χ3n) is 5.02. The number of aliphatic hydroxyl groups is 1. The monoisotopic (exact) mass is 406 g/mol. The number of benzene rings is 2. The Morgan fingerprint density at radius 2 is 1.53 bits per heavy atom. The smallest absolute Gasteiger partial charge is 0.0900 e. The van der Waals surface area contributed by atoms with Crippen molar-refractivity contribution in [2.75, 3.05) is 19.7 Å². The molecule has 30 heavy (non-hydrogen) atoms. The van der Waals surface area contributed by atoms with Crippen LogP contribution in [0.5, 0.6) is 0 Å². The molecule has 1 atom stereocenters. The molecule has 0 amide bonds. The first-order valence-corrected chi connectivity index (χ1v) is 10.8. The molecule has 0 fully saturated rings. The first kappa shape index (κ1) is 22.3. The van der Waals surface area contributed by atoms with Crippen LogP contribution >= 0.6 is 0 Å². The highest BCUT2D eigenvalue weighted by molar-refractivity contribution is 5.18. The van der Waals surface area contributed by atoms with Crippen LogP contribution in [0.15, 0.2) is 79.0 Å². The third kappa shape index (κ3) is 7.45. The van der Waals surface area contributed by atoms with Crippen molar-refractivity contribution in [1.82, 2.24) is 9.47 Å². The number of hydrogen-bond donors (Lipinski definition) is 1. The van der Waals surface area contributed by atoms with E-state index in [9.17, 15) is 5.11 Å². The number of rotatable bonds is 12. The first-order chi connectivity index (χ1) is 14.6. The van der Waals surface area contributed by atoms with Gasteiger partial charge in [0.25, 0.3) is 0 Å². The van der Waals surface area contributed by atoms with Crippen molar-refractivity contribution in [3.05, 3.63) is 95.8 Å². The Hall–Kier alpha value is -2.40. The molecule has 0 aliphatic heterocycles. The third-order valence-corrected chi connectivity index (χ3v) is 5.02. The van der Waals surface area contributed by atoms with Crippen molar-refractivity contribution in [3.8, 4) is 0 Å². The van der Waals surface area contributed by atoms with Crippen molar-refractivity contribution in [3.63, 3.8) is 0 Å². The predicted octanol–water partition coefficient (Wildman–Crippen LogP) is 4.57. The maximum Gasteiger partial charge on any atom is 0.0900 e. The molecule has 1 N–H and O–H groups in total. The van der Waals surface area contributed by atoms with Crippen molar-refractivity contribution in [2.24, 2.45) is 5.92 Å². The predicted molar refractivity (Wildman–Crippen MR) is 122 cm³/mol. The summed E-state index contributed by atoms with van der Waals surface area (Å²) in [6.07, 6.45) is 1.62. The lowest BCUT2D eigenvalue weighted by Gasteiger charge is -2.27. The van der Waals surface area contributed by atoms with E-state index < -0.39 is 6.10 Å². The van der Waals surface area contributed by atoms with E-state index >= 15 is 0 Å². The molecule has 0 aliphatic rings. The lowest BCUT2D eigenvalue weighted by atomic mass is 10.2. The molecule has 0 aliphatic carbocycles. The van der Waals surface area contributed by atoms with E-state index in [1.54, 1.807) is 0 Å². The van der Waals surface area contributed by atoms with Gasteiger partial charge in [0, 0.05) is 38.1 Å². The van der Waals surface area contributed by atoms with Crippen LogP contribution < -0.4 is 0 Å². The lowest BCUT2D eigenvalue weighted by molar-refractivity contribution is 0.00644. The standard InChI is InChI=1S/C26H34N2O2/c1-22(2)16-27(19-26(29)21-30-20-24-12-7-4-8-13-24)18-25-14-9-15-28(25)17-23-10-5-3-6-11-23/h3-15,22,26,29H,16-21H2,1-2H3. The minimum atomic E-state index is -0.509. The Morgan fingerprint density at radius 3 is 2.20 bits per heavy atom. The van der Waals surface area contributed by atoms with Crippen LogP contribution in [0.3, 0.4) is 0 Å². The summed E-state index contributed by atoms with van der Waals surface area (Å²) in [5, 5.41) is 10.6. The summed E-state index contributed by atoms with van der Waals surface area (Å²) < 4.78 is 8.04. The molecule has 1 aromatic heterocycles. The van der Waals surface area contributed by atoms with Crippen molar-refractivity contribution in [2.45, 2.75) is 39.6 Å². The molecular weight excluding hydrogens is 372 g/mol. The molecule has 0 spiro atoms. The molecule has 3 rings (SSSR count). The number of aliphatic hydroxyl groups excluding tert-OH is 1. The summed E-state index contributed by atoms with van der Waals surface area (Å²) >= 11 is 0. The number of hydrogen-bond acceptors (Lipinski definition) is 3. The van der Waals surface area contributed by atoms with Crippen molar-refractivity contribution < 1.29 is 9.84 Å². The van der Waals surface area contributed by atoms with Gasteiger partial charge in [0.1, 0.15) is 0 Å². The second-order valence-corrected chi connectivity index (χ2v) is 8.36. The Kier molecular flexibility index (Phi) is 8.69. The van der Waals surface area contributed by atoms with E-state index in [4.69, 9.17) is 4.74 Å². The number of nitrogens with zero attached hydrogens (tertiary/aromatic N) is 2. The second kappa shape index (κ2) is 11.7. The molecule has 0 bridgehead atoms. The summed E-state index contributed by atoms with van der Waals surface area (Å²) in [6, 6.07) is 24.9. The average Bonchev–Trinajstić information content (AvgIpc) is 3.15. The van der Waals surface area contributed by atoms with E-state index in [1.807, 2.05) is 36.4 Å². The number of aromatic nitrogens is 1. The van der Waals surface area contributed by atoms with Crippen LogP contribution in [0.1, 0.15) is 30.7 Å². The van der Waals surface area contributed by atoms with Gasteiger partial charge in [0.15, 0.2) is 0 Å². The van der Waals surface area contributed by atoms with Gasteiger partial charge in [-0.05, 0) is 29.2 Å². The summed E-state index contributed by atoms with van der Waals surface area (Å²) in [6.45, 7) is 8.52. The maximum atomic E-state index is 10.6. The van der Waals surface area contributed by atoms with Gasteiger partial charge in [-0.15, -0.1) is 0 Å². The minimum Gasteiger partial charge on any atom is -0.389 e. The Balaban J connectivity index is 1.55. The Morgan fingerprint density at radius 1 is 0.867 bits per heavy atom. The zero-order valence-corrected chi connectivity index (χ0v) is 18.2. The maximum absolute atomic E-state index is 10.6. The van der Waals surface area contributed by atoms with Crippen LogP contribution in [-0.4, -0.2) is 40.4 Å². The second-order valence-electron chi connectivity index (χ2n) is 8.36. The minimum absolute atomic E-state index is 0.342. The molecule has 0 saturated heterocycles. The molecular formula is C26H34N2O2. The van der Waals surface area contributed by atoms with Gasteiger partial charge in [-0.25, -0.2) is 0 Å². The summed E-state index contributed by atoms with van der Waals surface area (Å²) in [4.78, 5) is 2.33. The molecule has 1 heterocycles. The van der Waals surface area contributed by atoms with Gasteiger partial charge < -0.3 is 14.4 Å². The quantitative estimate of drug-likeness (QED) is 0.479. The van der Waals surface area contributed by atoms with E-state index in [0.29, 0.717) is 25.7 Å². The summed E-state index contributed by atoms with van der Waals surface area (Å²) in [5.41, 5.74) is 3.68. The first-order valence-electron chi connectivity index (χ1n) is 10.8. The Labute approximate surface area is 180 Å². The van der Waals surface area contributed by atoms with Gasteiger partial charge in [0.05, 0.1) is 19.3 Å². The van der Waals surface area contributed by atoms with E-state index in [-0.39, 0.29) is 0 Å². The lowest BCUT2D eigenvalue weighted by Crippen LogP contribution is -2.37. The molecule has 4 heteroatoms. The van der Waals surface area contributed by atoms with Gasteiger partial charge in [0.2, 0.25) is 0 Å². The molecule has 0 radical (unpaired) electrons. The summed E-state index contributed by atoms with van der Waals surface area (Å²) in [7, 11) is 0. The molecule has 2 aromatic carbocycles. The van der Waals surface area contributed by atoms with Crippen LogP contribution in [0, 0.1) is 5.92 Å². The van der Waals surface area contributed by atoms with Gasteiger partial charge in [-0.2, -0.15) is 0 Å². The fraction of sp³-hybridized carbons (Fsp3) is 0.385. The molecule has 1 unspecified atom stereocenters. The fourth-order valence-corrected chi connectivity index (χ4v) is 3.71. The van der Waals surface area contributed by atoms with E-state index in [2.05, 4.69) is 65.9 Å². The highest BCUT2D eigenvalue weighted by Gasteiger charge is 2.16. The Bertz CT molecular complexity index is 846. The van der Waals surface area contributed by atoms with Crippen molar-refractivity contribution in [1.29, 1.82) is 0 Å². The topological polar surface area (TPSA) is 37.6 Å². The van der Waals surface area contributed by atoms with Crippen LogP contribution in [0.25, 0.3) is 0 Å².